The maximum absolute atomic E-state index is 12.8. The number of halogens is 1. The van der Waals surface area contributed by atoms with Gasteiger partial charge in [-0.05, 0) is 50.1 Å². The minimum atomic E-state index is -0.0682. The molecular formula is C19H28ClN3O3. The molecule has 1 aromatic carbocycles. The average molecular weight is 382 g/mol. The standard InChI is InChI=1S/C19H27N3O3.ClH/c1-15(23)21-10-12-25-17-5-3-16(4-6-17)18(24)22-11-2-7-19(14-22)8-9-20-13-19;/h3-6,20H,2,7-14H2,1H3,(H,21,23);1H. The molecule has 0 aliphatic carbocycles. The molecule has 1 unspecified atom stereocenters. The molecule has 6 nitrogen and oxygen atoms in total. The molecule has 1 spiro atoms. The summed E-state index contributed by atoms with van der Waals surface area (Å²) in [6, 6.07) is 7.28. The number of carbonyl (C=O) groups is 2. The van der Waals surface area contributed by atoms with E-state index in [1.165, 1.54) is 13.3 Å². The van der Waals surface area contributed by atoms with E-state index in [1.54, 1.807) is 0 Å². The van der Waals surface area contributed by atoms with Crippen LogP contribution in [0, 0.1) is 5.41 Å². The van der Waals surface area contributed by atoms with Crippen LogP contribution in [0.3, 0.4) is 0 Å². The first-order valence-electron chi connectivity index (χ1n) is 9.05. The summed E-state index contributed by atoms with van der Waals surface area (Å²) in [7, 11) is 0. The Morgan fingerprint density at radius 1 is 1.27 bits per heavy atom. The van der Waals surface area contributed by atoms with Crippen LogP contribution in [-0.2, 0) is 4.79 Å². The molecule has 2 N–H and O–H groups in total. The lowest BCUT2D eigenvalue weighted by Crippen LogP contribution is -2.47. The molecule has 2 aliphatic rings. The van der Waals surface area contributed by atoms with Crippen molar-refractivity contribution in [3.63, 3.8) is 0 Å². The topological polar surface area (TPSA) is 70.7 Å². The molecule has 0 aromatic heterocycles. The van der Waals surface area contributed by atoms with Gasteiger partial charge in [0, 0.05) is 37.5 Å². The van der Waals surface area contributed by atoms with Crippen LogP contribution < -0.4 is 15.4 Å². The Morgan fingerprint density at radius 3 is 2.69 bits per heavy atom. The zero-order chi connectivity index (χ0) is 17.7. The summed E-state index contributed by atoms with van der Waals surface area (Å²) in [6.45, 7) is 6.15. The molecule has 1 atom stereocenters. The summed E-state index contributed by atoms with van der Waals surface area (Å²) in [4.78, 5) is 25.6. The summed E-state index contributed by atoms with van der Waals surface area (Å²) >= 11 is 0. The number of benzene rings is 1. The number of piperidine rings is 1. The molecule has 0 saturated carbocycles. The summed E-state index contributed by atoms with van der Waals surface area (Å²) in [6.07, 6.45) is 3.46. The second-order valence-corrected chi connectivity index (χ2v) is 7.11. The van der Waals surface area contributed by atoms with Crippen molar-refractivity contribution in [2.45, 2.75) is 26.2 Å². The van der Waals surface area contributed by atoms with E-state index >= 15 is 0 Å². The third kappa shape index (κ3) is 5.11. The summed E-state index contributed by atoms with van der Waals surface area (Å²) in [5.74, 6) is 0.745. The molecule has 3 rings (SSSR count). The van der Waals surface area contributed by atoms with E-state index in [1.807, 2.05) is 29.2 Å². The largest absolute Gasteiger partial charge is 0.492 e. The van der Waals surface area contributed by atoms with E-state index in [2.05, 4.69) is 10.6 Å². The molecule has 0 radical (unpaired) electrons. The zero-order valence-corrected chi connectivity index (χ0v) is 16.1. The quantitative estimate of drug-likeness (QED) is 0.763. The van der Waals surface area contributed by atoms with Gasteiger partial charge in [0.2, 0.25) is 5.91 Å². The Bertz CT molecular complexity index is 615. The van der Waals surface area contributed by atoms with Gasteiger partial charge < -0.3 is 20.3 Å². The van der Waals surface area contributed by atoms with E-state index in [0.29, 0.717) is 24.5 Å². The first-order valence-corrected chi connectivity index (χ1v) is 9.05. The van der Waals surface area contributed by atoms with Crippen molar-refractivity contribution < 1.29 is 14.3 Å². The van der Waals surface area contributed by atoms with Crippen molar-refractivity contribution in [3.05, 3.63) is 29.8 Å². The van der Waals surface area contributed by atoms with Crippen LogP contribution >= 0.6 is 12.4 Å². The van der Waals surface area contributed by atoms with Crippen molar-refractivity contribution in [2.24, 2.45) is 5.41 Å². The predicted molar refractivity (Wildman–Crippen MR) is 103 cm³/mol. The summed E-state index contributed by atoms with van der Waals surface area (Å²) < 4.78 is 5.56. The molecule has 2 saturated heterocycles. The summed E-state index contributed by atoms with van der Waals surface area (Å²) in [5, 5.41) is 6.12. The van der Waals surface area contributed by atoms with E-state index < -0.39 is 0 Å². The van der Waals surface area contributed by atoms with E-state index in [0.717, 1.165) is 39.0 Å². The number of hydrogen-bond donors (Lipinski definition) is 2. The van der Waals surface area contributed by atoms with Crippen LogP contribution in [0.2, 0.25) is 0 Å². The molecule has 1 aromatic rings. The Balaban J connectivity index is 0.00000243. The van der Waals surface area contributed by atoms with Gasteiger partial charge in [-0.3, -0.25) is 9.59 Å². The number of amides is 2. The average Bonchev–Trinajstić information content (AvgIpc) is 3.06. The minimum Gasteiger partial charge on any atom is -0.492 e. The van der Waals surface area contributed by atoms with Gasteiger partial charge in [0.1, 0.15) is 12.4 Å². The lowest BCUT2D eigenvalue weighted by Gasteiger charge is -2.40. The highest BCUT2D eigenvalue weighted by atomic mass is 35.5. The predicted octanol–water partition coefficient (Wildman–Crippen LogP) is 1.84. The molecule has 7 heteroatoms. The molecule has 26 heavy (non-hydrogen) atoms. The lowest BCUT2D eigenvalue weighted by molar-refractivity contribution is -0.119. The third-order valence-corrected chi connectivity index (χ3v) is 5.13. The van der Waals surface area contributed by atoms with Crippen molar-refractivity contribution in [1.82, 2.24) is 15.5 Å². The maximum atomic E-state index is 12.8. The Kier molecular flexibility index (Phi) is 7.29. The van der Waals surface area contributed by atoms with Gasteiger partial charge in [0.15, 0.2) is 0 Å². The molecule has 2 heterocycles. The van der Waals surface area contributed by atoms with E-state index in [4.69, 9.17) is 4.74 Å². The first kappa shape index (κ1) is 20.5. The van der Waals surface area contributed by atoms with Gasteiger partial charge in [0.25, 0.3) is 5.91 Å². The van der Waals surface area contributed by atoms with Gasteiger partial charge >= 0.3 is 0 Å². The van der Waals surface area contributed by atoms with Crippen molar-refractivity contribution in [2.75, 3.05) is 39.3 Å². The van der Waals surface area contributed by atoms with Crippen LogP contribution in [0.15, 0.2) is 24.3 Å². The summed E-state index contributed by atoms with van der Waals surface area (Å²) in [5.41, 5.74) is 0.984. The van der Waals surface area contributed by atoms with Gasteiger partial charge in [-0.15, -0.1) is 12.4 Å². The second kappa shape index (κ2) is 9.24. The van der Waals surface area contributed by atoms with E-state index in [-0.39, 0.29) is 29.6 Å². The zero-order valence-electron chi connectivity index (χ0n) is 15.3. The Labute approximate surface area is 161 Å². The van der Waals surface area contributed by atoms with E-state index in [9.17, 15) is 9.59 Å². The van der Waals surface area contributed by atoms with Crippen LogP contribution in [0.4, 0.5) is 0 Å². The molecule has 0 bridgehead atoms. The van der Waals surface area contributed by atoms with Gasteiger partial charge in [-0.25, -0.2) is 0 Å². The van der Waals surface area contributed by atoms with Crippen LogP contribution in [0.5, 0.6) is 5.75 Å². The van der Waals surface area contributed by atoms with Crippen LogP contribution in [0.25, 0.3) is 0 Å². The molecule has 2 aliphatic heterocycles. The van der Waals surface area contributed by atoms with Crippen molar-refractivity contribution in [1.29, 1.82) is 0 Å². The highest BCUT2D eigenvalue weighted by Crippen LogP contribution is 2.36. The fourth-order valence-electron chi connectivity index (χ4n) is 3.80. The minimum absolute atomic E-state index is 0. The Morgan fingerprint density at radius 2 is 2.04 bits per heavy atom. The molecule has 2 amide bonds. The fourth-order valence-corrected chi connectivity index (χ4v) is 3.80. The van der Waals surface area contributed by atoms with Crippen LogP contribution in [0.1, 0.15) is 36.5 Å². The maximum Gasteiger partial charge on any atom is 0.253 e. The van der Waals surface area contributed by atoms with Gasteiger partial charge in [0.05, 0.1) is 6.54 Å². The Hall–Kier alpha value is -1.79. The number of carbonyl (C=O) groups excluding carboxylic acids is 2. The number of rotatable bonds is 5. The SMILES string of the molecule is CC(=O)NCCOc1ccc(C(=O)N2CCCC3(CCNC3)C2)cc1.Cl. The van der Waals surface area contributed by atoms with Crippen molar-refractivity contribution in [3.8, 4) is 5.75 Å². The second-order valence-electron chi connectivity index (χ2n) is 7.11. The molecule has 2 fully saturated rings. The number of likely N-dealkylation sites (tertiary alicyclic amines) is 1. The highest BCUT2D eigenvalue weighted by molar-refractivity contribution is 5.94. The van der Waals surface area contributed by atoms with Crippen LogP contribution in [-0.4, -0.2) is 56.0 Å². The molecule has 144 valence electrons. The lowest BCUT2D eigenvalue weighted by atomic mass is 9.79. The smallest absolute Gasteiger partial charge is 0.253 e. The monoisotopic (exact) mass is 381 g/mol. The highest BCUT2D eigenvalue weighted by Gasteiger charge is 2.39. The first-order chi connectivity index (χ1) is 12.1. The van der Waals surface area contributed by atoms with Crippen molar-refractivity contribution >= 4 is 24.2 Å². The molecular weight excluding hydrogens is 354 g/mol. The number of ether oxygens (including phenoxy) is 1. The fraction of sp³-hybridized carbons (Fsp3) is 0.579. The number of nitrogens with zero attached hydrogens (tertiary/aromatic N) is 1. The number of nitrogens with one attached hydrogen (secondary N) is 2. The number of hydrogen-bond acceptors (Lipinski definition) is 4. The van der Waals surface area contributed by atoms with Gasteiger partial charge in [-0.1, -0.05) is 0 Å². The third-order valence-electron chi connectivity index (χ3n) is 5.13. The normalized spacial score (nSPS) is 22.0. The van der Waals surface area contributed by atoms with Gasteiger partial charge in [-0.2, -0.15) is 0 Å².